The van der Waals surface area contributed by atoms with Gasteiger partial charge in [-0.25, -0.2) is 14.9 Å². The summed E-state index contributed by atoms with van der Waals surface area (Å²) in [7, 11) is 2.23. The van der Waals surface area contributed by atoms with E-state index in [1.807, 2.05) is 23.4 Å². The Hall–Kier alpha value is -2.70. The molecule has 0 bridgehead atoms. The van der Waals surface area contributed by atoms with Gasteiger partial charge in [-0.3, -0.25) is 4.90 Å². The summed E-state index contributed by atoms with van der Waals surface area (Å²) in [6.45, 7) is 8.59. The molecule has 1 N–H and O–H groups in total. The third-order valence-corrected chi connectivity index (χ3v) is 8.12. The van der Waals surface area contributed by atoms with Crippen molar-refractivity contribution in [3.05, 3.63) is 65.2 Å². The molecular formula is C27H32N4OS. The van der Waals surface area contributed by atoms with Crippen molar-refractivity contribution >= 4 is 34.3 Å². The van der Waals surface area contributed by atoms with Gasteiger partial charge in [-0.2, -0.15) is 0 Å². The first kappa shape index (κ1) is 22.1. The van der Waals surface area contributed by atoms with Crippen molar-refractivity contribution in [2.75, 3.05) is 32.1 Å². The Bertz CT molecular complexity index is 1220. The molecule has 0 saturated carbocycles. The van der Waals surface area contributed by atoms with Gasteiger partial charge in [0.1, 0.15) is 5.03 Å². The second kappa shape index (κ2) is 8.92. The van der Waals surface area contributed by atoms with E-state index in [4.69, 9.17) is 0 Å². The first-order valence-electron chi connectivity index (χ1n) is 11.9. The highest BCUT2D eigenvalue weighted by Gasteiger charge is 2.34. The lowest BCUT2D eigenvalue weighted by Gasteiger charge is -2.37. The monoisotopic (exact) mass is 460 g/mol. The van der Waals surface area contributed by atoms with Gasteiger partial charge in [0, 0.05) is 36.0 Å². The zero-order valence-corrected chi connectivity index (χ0v) is 20.7. The van der Waals surface area contributed by atoms with Crippen LogP contribution in [0.3, 0.4) is 0 Å². The average molecular weight is 461 g/mol. The summed E-state index contributed by atoms with van der Waals surface area (Å²) in [5.41, 5.74) is 9.64. The lowest BCUT2D eigenvalue weighted by atomic mass is 9.82. The van der Waals surface area contributed by atoms with E-state index in [2.05, 4.69) is 72.8 Å². The molecule has 1 aliphatic heterocycles. The molecular weight excluding hydrogens is 428 g/mol. The number of nitrogens with zero attached hydrogens (tertiary/aromatic N) is 3. The summed E-state index contributed by atoms with van der Waals surface area (Å²) in [5, 5.41) is 2.39. The quantitative estimate of drug-likeness (QED) is 0.527. The summed E-state index contributed by atoms with van der Waals surface area (Å²) < 4.78 is 2.04. The number of aromatic nitrogens is 1. The Balaban J connectivity index is 1.69. The number of likely N-dealkylation sites (N-methyl/N-ethyl adjacent to an activating group) is 1. The van der Waals surface area contributed by atoms with Crippen molar-refractivity contribution in [2.45, 2.75) is 49.6 Å². The number of urea groups is 1. The Labute approximate surface area is 200 Å². The van der Waals surface area contributed by atoms with Crippen molar-refractivity contribution in [3.63, 3.8) is 0 Å². The first-order chi connectivity index (χ1) is 16.0. The van der Waals surface area contributed by atoms with E-state index in [-0.39, 0.29) is 6.03 Å². The number of fused-ring (bicyclic) bond motifs is 2. The van der Waals surface area contributed by atoms with E-state index in [1.165, 1.54) is 32.5 Å². The van der Waals surface area contributed by atoms with Gasteiger partial charge < -0.3 is 4.90 Å². The van der Waals surface area contributed by atoms with Gasteiger partial charge in [0.2, 0.25) is 0 Å². The fraction of sp³-hybridized carbons (Fsp3) is 0.370. The molecule has 6 heteroatoms. The molecule has 0 spiro atoms. The third-order valence-electron chi connectivity index (χ3n) is 6.99. The van der Waals surface area contributed by atoms with Crippen LogP contribution in [-0.4, -0.2) is 53.2 Å². The molecule has 33 heavy (non-hydrogen) atoms. The van der Waals surface area contributed by atoms with Crippen molar-refractivity contribution < 1.29 is 4.79 Å². The Morgan fingerprint density at radius 1 is 1.15 bits per heavy atom. The van der Waals surface area contributed by atoms with E-state index in [1.54, 1.807) is 11.8 Å². The number of benzene rings is 2. The fourth-order valence-corrected chi connectivity index (χ4v) is 6.18. The van der Waals surface area contributed by atoms with Crippen molar-refractivity contribution in [1.29, 1.82) is 0 Å². The van der Waals surface area contributed by atoms with Crippen LogP contribution in [0.5, 0.6) is 0 Å². The number of hydrogen-bond acceptors (Lipinski definition) is 3. The highest BCUT2D eigenvalue weighted by molar-refractivity contribution is 7.99. The molecule has 5 rings (SSSR count). The number of nitrogens with one attached hydrogen (secondary N) is 1. The summed E-state index contributed by atoms with van der Waals surface area (Å²) in [6.07, 6.45) is 4.46. The summed E-state index contributed by atoms with van der Waals surface area (Å²) in [4.78, 5) is 18.6. The van der Waals surface area contributed by atoms with E-state index >= 15 is 0 Å². The van der Waals surface area contributed by atoms with Crippen molar-refractivity contribution in [1.82, 2.24) is 14.5 Å². The molecule has 1 atom stereocenters. The van der Waals surface area contributed by atoms with Crippen molar-refractivity contribution in [3.8, 4) is 0 Å². The van der Waals surface area contributed by atoms with E-state index < -0.39 is 0 Å². The van der Waals surface area contributed by atoms with Crippen LogP contribution in [0.2, 0.25) is 0 Å². The maximum absolute atomic E-state index is 13.1. The lowest BCUT2D eigenvalue weighted by Crippen LogP contribution is -2.39. The standard InChI is InChI=1S/C27H32N4OS/c1-5-30(6-2)27(32)28-31-23-11-7-9-21-20-10-8-16-29(4)24(20)17-22(25(21)23)26(31)33-19-14-12-18(3)13-15-19/h7,9-15,24H,5-6,8,16-17H2,1-4H3,(H,28,32)/t24-/m1/s1. The van der Waals surface area contributed by atoms with Gasteiger partial charge in [-0.15, -0.1) is 0 Å². The minimum Gasteiger partial charge on any atom is -0.324 e. The van der Waals surface area contributed by atoms with Gasteiger partial charge in [-0.1, -0.05) is 47.7 Å². The molecule has 0 saturated heterocycles. The molecule has 5 nitrogen and oxygen atoms in total. The average Bonchev–Trinajstić information content (AvgIpc) is 3.10. The molecule has 2 amide bonds. The summed E-state index contributed by atoms with van der Waals surface area (Å²) >= 11 is 1.74. The zero-order chi connectivity index (χ0) is 23.1. The molecule has 0 radical (unpaired) electrons. The molecule has 0 unspecified atom stereocenters. The topological polar surface area (TPSA) is 40.5 Å². The van der Waals surface area contributed by atoms with Crippen LogP contribution in [-0.2, 0) is 6.42 Å². The number of aryl methyl sites for hydroxylation is 1. The number of carbonyl (C=O) groups is 1. The molecule has 2 aromatic carbocycles. The van der Waals surface area contributed by atoms with Crippen LogP contribution >= 0.6 is 11.8 Å². The number of hydrogen-bond donors (Lipinski definition) is 1. The maximum atomic E-state index is 13.1. The Morgan fingerprint density at radius 2 is 1.91 bits per heavy atom. The first-order valence-corrected chi connectivity index (χ1v) is 12.7. The SMILES string of the molecule is CCN(CC)C(=O)Nn1c(Sc2ccc(C)cc2)c2c3c(cccc31)C1=CCCN(C)[C@@H]1C2. The zero-order valence-electron chi connectivity index (χ0n) is 19.9. The number of rotatable bonds is 5. The van der Waals surface area contributed by atoms with E-state index in [0.717, 1.165) is 29.9 Å². The lowest BCUT2D eigenvalue weighted by molar-refractivity contribution is 0.214. The minimum absolute atomic E-state index is 0.0624. The minimum atomic E-state index is -0.0624. The second-order valence-corrected chi connectivity index (χ2v) is 10.0. The molecule has 172 valence electrons. The van der Waals surface area contributed by atoms with Gasteiger partial charge in [0.25, 0.3) is 0 Å². The number of carbonyl (C=O) groups excluding carboxylic acids is 1. The largest absolute Gasteiger partial charge is 0.336 e. The van der Waals surface area contributed by atoms with Gasteiger partial charge in [-0.05, 0) is 75.6 Å². The van der Waals surface area contributed by atoms with Gasteiger partial charge >= 0.3 is 6.03 Å². The summed E-state index contributed by atoms with van der Waals surface area (Å²) in [6, 6.07) is 15.5. The maximum Gasteiger partial charge on any atom is 0.336 e. The second-order valence-electron chi connectivity index (χ2n) is 8.97. The Kier molecular flexibility index (Phi) is 5.97. The molecule has 1 aliphatic carbocycles. The number of amides is 2. The van der Waals surface area contributed by atoms with Crippen LogP contribution in [0, 0.1) is 6.92 Å². The van der Waals surface area contributed by atoms with Crippen LogP contribution in [0.4, 0.5) is 4.79 Å². The molecule has 1 aromatic heterocycles. The predicted octanol–water partition coefficient (Wildman–Crippen LogP) is 5.75. The van der Waals surface area contributed by atoms with Crippen LogP contribution in [0.25, 0.3) is 16.5 Å². The molecule has 3 aromatic rings. The molecule has 0 fully saturated rings. The predicted molar refractivity (Wildman–Crippen MR) is 138 cm³/mol. The molecule has 2 heterocycles. The van der Waals surface area contributed by atoms with Crippen molar-refractivity contribution in [2.24, 2.45) is 0 Å². The molecule has 2 aliphatic rings. The van der Waals surface area contributed by atoms with Gasteiger partial charge in [0.05, 0.1) is 5.52 Å². The van der Waals surface area contributed by atoms with Crippen LogP contribution in [0.1, 0.15) is 37.0 Å². The van der Waals surface area contributed by atoms with Gasteiger partial charge in [0.15, 0.2) is 0 Å². The van der Waals surface area contributed by atoms with Crippen LogP contribution < -0.4 is 5.43 Å². The smallest absolute Gasteiger partial charge is 0.324 e. The summed E-state index contributed by atoms with van der Waals surface area (Å²) in [5.74, 6) is 0. The van der Waals surface area contributed by atoms with E-state index in [0.29, 0.717) is 19.1 Å². The highest BCUT2D eigenvalue weighted by atomic mass is 32.2. The highest BCUT2D eigenvalue weighted by Crippen LogP contribution is 2.46. The fourth-order valence-electron chi connectivity index (χ4n) is 5.14. The third kappa shape index (κ3) is 3.85. The Morgan fingerprint density at radius 3 is 2.64 bits per heavy atom. The van der Waals surface area contributed by atoms with E-state index in [9.17, 15) is 4.79 Å². The normalized spacial score (nSPS) is 17.6. The van der Waals surface area contributed by atoms with Crippen LogP contribution in [0.15, 0.2) is 58.5 Å².